The Balaban J connectivity index is 1.16. The van der Waals surface area contributed by atoms with E-state index >= 15 is 4.39 Å². The van der Waals surface area contributed by atoms with Gasteiger partial charge in [0, 0.05) is 50.3 Å². The molecule has 2 aliphatic rings. The van der Waals surface area contributed by atoms with Crippen LogP contribution in [-0.4, -0.2) is 25.6 Å². The molecule has 10 rings (SSSR count). The number of benzene rings is 6. The van der Waals surface area contributed by atoms with Gasteiger partial charge in [-0.2, -0.15) is 0 Å². The van der Waals surface area contributed by atoms with E-state index in [1.165, 1.54) is 5.56 Å². The lowest BCUT2D eigenvalue weighted by molar-refractivity contribution is 0.621. The van der Waals surface area contributed by atoms with Gasteiger partial charge in [-0.3, -0.25) is 0 Å². The summed E-state index contributed by atoms with van der Waals surface area (Å²) < 4.78 is 17.8. The van der Waals surface area contributed by atoms with Crippen molar-refractivity contribution in [1.82, 2.24) is 19.5 Å². The number of hydrogen-bond donors (Lipinski definition) is 0. The van der Waals surface area contributed by atoms with Gasteiger partial charge in [-0.15, -0.1) is 0 Å². The molecule has 6 aromatic carbocycles. The van der Waals surface area contributed by atoms with E-state index in [4.69, 9.17) is 15.0 Å². The molecule has 3 heterocycles. The Kier molecular flexibility index (Phi) is 7.18. The third-order valence-electron chi connectivity index (χ3n) is 10.7. The quantitative estimate of drug-likeness (QED) is 0.181. The molecule has 0 spiro atoms. The summed E-state index contributed by atoms with van der Waals surface area (Å²) >= 11 is 0. The predicted molar refractivity (Wildman–Crippen MR) is 213 cm³/mol. The Hall–Kier alpha value is -6.66. The largest absolute Gasteiger partial charge is 0.333 e. The van der Waals surface area contributed by atoms with Crippen LogP contribution in [0.5, 0.6) is 0 Å². The number of nitrogens with zero attached hydrogens (tertiary/aromatic N) is 5. The lowest BCUT2D eigenvalue weighted by Crippen LogP contribution is -2.28. The summed E-state index contributed by atoms with van der Waals surface area (Å²) in [6, 6.07) is 44.6. The van der Waals surface area contributed by atoms with Crippen molar-refractivity contribution in [1.29, 1.82) is 0 Å². The number of halogens is 1. The second kappa shape index (κ2) is 12.2. The van der Waals surface area contributed by atoms with E-state index in [1.807, 2.05) is 78.9 Å². The van der Waals surface area contributed by atoms with Gasteiger partial charge in [-0.25, -0.2) is 19.3 Å². The van der Waals surface area contributed by atoms with E-state index in [0.29, 0.717) is 23.2 Å². The molecule has 53 heavy (non-hydrogen) atoms. The standard InChI is InChI=1S/C47H34FN5/c1-29-27-33(28-30(2)42(29)47-50-45(31-15-5-3-6-16-31)49-46(51-47)32-17-7-4-8-18-32)52-39-23-13-10-20-36(39)43-41(52)26-25-35-34-19-9-12-22-38(34)53(44(35)43)40-24-14-11-21-37(40)48/h3-28,36,39H,1-2H3. The van der Waals surface area contributed by atoms with Gasteiger partial charge in [-0.05, 0) is 61.4 Å². The van der Waals surface area contributed by atoms with Crippen LogP contribution >= 0.6 is 0 Å². The number of aryl methyl sites for hydroxylation is 2. The minimum Gasteiger partial charge on any atom is -0.333 e. The molecule has 8 aromatic rings. The van der Waals surface area contributed by atoms with Crippen LogP contribution < -0.4 is 4.90 Å². The highest BCUT2D eigenvalue weighted by atomic mass is 19.1. The van der Waals surface area contributed by atoms with E-state index in [-0.39, 0.29) is 17.8 Å². The highest BCUT2D eigenvalue weighted by molar-refractivity contribution is 6.12. The second-order valence-corrected chi connectivity index (χ2v) is 13.8. The minimum absolute atomic E-state index is 0.0453. The first-order valence-corrected chi connectivity index (χ1v) is 18.0. The second-order valence-electron chi connectivity index (χ2n) is 13.8. The third kappa shape index (κ3) is 4.94. The summed E-state index contributed by atoms with van der Waals surface area (Å²) in [5, 5.41) is 2.23. The maximum Gasteiger partial charge on any atom is 0.164 e. The highest BCUT2D eigenvalue weighted by Crippen LogP contribution is 2.53. The van der Waals surface area contributed by atoms with Gasteiger partial charge in [0.15, 0.2) is 17.5 Å². The van der Waals surface area contributed by atoms with Gasteiger partial charge in [0.25, 0.3) is 0 Å². The van der Waals surface area contributed by atoms with Crippen LogP contribution in [0.3, 0.4) is 0 Å². The number of anilines is 2. The zero-order valence-corrected chi connectivity index (χ0v) is 29.3. The highest BCUT2D eigenvalue weighted by Gasteiger charge is 2.40. The van der Waals surface area contributed by atoms with Crippen LogP contribution in [0.1, 0.15) is 22.6 Å². The third-order valence-corrected chi connectivity index (χ3v) is 10.7. The van der Waals surface area contributed by atoms with E-state index in [0.717, 1.165) is 61.0 Å². The Bertz CT molecular complexity index is 2700. The number of aromatic nitrogens is 4. The van der Waals surface area contributed by atoms with Gasteiger partial charge in [0.1, 0.15) is 5.82 Å². The fourth-order valence-electron chi connectivity index (χ4n) is 8.43. The van der Waals surface area contributed by atoms with Crippen molar-refractivity contribution in [2.45, 2.75) is 25.8 Å². The number of fused-ring (bicyclic) bond motifs is 7. The van der Waals surface area contributed by atoms with Crippen LogP contribution in [0.25, 0.3) is 61.7 Å². The van der Waals surface area contributed by atoms with Crippen LogP contribution in [0, 0.1) is 19.7 Å². The molecular formula is C47H34FN5. The SMILES string of the molecule is Cc1cc(N2c3ccc4c5ccccc5n(-c5ccccc5F)c4c3C3C=CC=CC32)cc(C)c1-c1nc(-c2ccccc2)nc(-c2ccccc2)n1. The molecule has 0 radical (unpaired) electrons. The van der Waals surface area contributed by atoms with E-state index < -0.39 is 0 Å². The fourth-order valence-corrected chi connectivity index (χ4v) is 8.43. The molecule has 0 N–H and O–H groups in total. The Morgan fingerprint density at radius 3 is 1.87 bits per heavy atom. The number of hydrogen-bond acceptors (Lipinski definition) is 4. The molecule has 0 saturated heterocycles. The van der Waals surface area contributed by atoms with Crippen molar-refractivity contribution < 1.29 is 4.39 Å². The van der Waals surface area contributed by atoms with Crippen molar-refractivity contribution in [3.05, 3.63) is 180 Å². The minimum atomic E-state index is -0.246. The zero-order chi connectivity index (χ0) is 35.6. The summed E-state index contributed by atoms with van der Waals surface area (Å²) in [6.45, 7) is 4.29. The molecular weight excluding hydrogens is 654 g/mol. The maximum absolute atomic E-state index is 15.7. The Morgan fingerprint density at radius 2 is 1.17 bits per heavy atom. The maximum atomic E-state index is 15.7. The van der Waals surface area contributed by atoms with E-state index in [9.17, 15) is 0 Å². The molecule has 2 atom stereocenters. The molecule has 6 heteroatoms. The van der Waals surface area contributed by atoms with Crippen molar-refractivity contribution in [3.8, 4) is 39.9 Å². The van der Waals surface area contributed by atoms with Gasteiger partial charge >= 0.3 is 0 Å². The molecule has 0 saturated carbocycles. The summed E-state index contributed by atoms with van der Waals surface area (Å²) in [6.07, 6.45) is 8.86. The molecule has 0 bridgehead atoms. The van der Waals surface area contributed by atoms with Crippen LogP contribution in [0.2, 0.25) is 0 Å². The average molecular weight is 688 g/mol. The zero-order valence-electron chi connectivity index (χ0n) is 29.3. The molecule has 1 aliphatic carbocycles. The monoisotopic (exact) mass is 687 g/mol. The summed E-state index contributed by atoms with van der Waals surface area (Å²) in [7, 11) is 0. The van der Waals surface area contributed by atoms with Crippen LogP contribution in [0.15, 0.2) is 158 Å². The van der Waals surface area contributed by atoms with Gasteiger partial charge in [0.05, 0.1) is 22.8 Å². The lowest BCUT2D eigenvalue weighted by atomic mass is 9.90. The average Bonchev–Trinajstić information content (AvgIpc) is 3.71. The molecule has 2 aromatic heterocycles. The first-order valence-electron chi connectivity index (χ1n) is 18.0. The predicted octanol–water partition coefficient (Wildman–Crippen LogP) is 11.5. The van der Waals surface area contributed by atoms with E-state index in [2.05, 4.69) is 90.1 Å². The molecule has 0 fully saturated rings. The Morgan fingerprint density at radius 1 is 0.566 bits per heavy atom. The molecule has 1 aliphatic heterocycles. The number of rotatable bonds is 5. The summed E-state index contributed by atoms with van der Waals surface area (Å²) in [4.78, 5) is 17.5. The number of para-hydroxylation sites is 2. The van der Waals surface area contributed by atoms with Gasteiger partial charge in [-0.1, -0.05) is 121 Å². The number of allylic oxidation sites excluding steroid dienone is 2. The summed E-state index contributed by atoms with van der Waals surface area (Å²) in [5.41, 5.74) is 11.0. The fraction of sp³-hybridized carbons (Fsp3) is 0.0851. The first kappa shape index (κ1) is 31.1. The molecule has 5 nitrogen and oxygen atoms in total. The normalized spacial score (nSPS) is 16.0. The molecule has 254 valence electrons. The van der Waals surface area contributed by atoms with E-state index in [1.54, 1.807) is 12.1 Å². The van der Waals surface area contributed by atoms with Gasteiger partial charge in [0.2, 0.25) is 0 Å². The van der Waals surface area contributed by atoms with Crippen molar-refractivity contribution in [3.63, 3.8) is 0 Å². The first-order chi connectivity index (χ1) is 26.0. The van der Waals surface area contributed by atoms with Crippen molar-refractivity contribution in [2.24, 2.45) is 0 Å². The topological polar surface area (TPSA) is 46.8 Å². The smallest absolute Gasteiger partial charge is 0.164 e. The van der Waals surface area contributed by atoms with Crippen LogP contribution in [-0.2, 0) is 0 Å². The summed E-state index contributed by atoms with van der Waals surface area (Å²) in [5.74, 6) is 1.75. The van der Waals surface area contributed by atoms with Crippen molar-refractivity contribution >= 4 is 33.2 Å². The Labute approximate surface area is 307 Å². The van der Waals surface area contributed by atoms with Crippen LogP contribution in [0.4, 0.5) is 15.8 Å². The van der Waals surface area contributed by atoms with Crippen molar-refractivity contribution in [2.75, 3.05) is 4.90 Å². The molecule has 0 amide bonds. The van der Waals surface area contributed by atoms with Gasteiger partial charge < -0.3 is 9.47 Å². The lowest BCUT2D eigenvalue weighted by Gasteiger charge is -2.29. The molecule has 2 unspecified atom stereocenters.